The molecule has 1 amide bonds. The fourth-order valence-electron chi connectivity index (χ4n) is 4.03. The van der Waals surface area contributed by atoms with Crippen molar-refractivity contribution in [3.63, 3.8) is 0 Å². The van der Waals surface area contributed by atoms with Gasteiger partial charge in [0.2, 0.25) is 10.0 Å². The second-order valence-corrected chi connectivity index (χ2v) is 13.4. The molecule has 0 fully saturated rings. The maximum absolute atomic E-state index is 13.7. The van der Waals surface area contributed by atoms with Crippen molar-refractivity contribution >= 4 is 52.5 Å². The number of likely N-dealkylation sites (N-methyl/N-ethyl adjacent to an activating group) is 1. The van der Waals surface area contributed by atoms with Crippen LogP contribution in [0.1, 0.15) is 38.1 Å². The molecule has 12 heteroatoms. The van der Waals surface area contributed by atoms with E-state index in [4.69, 9.17) is 0 Å². The Balaban J connectivity index is 2.03. The quantitative estimate of drug-likeness (QED) is 0.329. The molecule has 9 nitrogen and oxygen atoms in total. The van der Waals surface area contributed by atoms with Crippen molar-refractivity contribution in [3.05, 3.63) is 48.0 Å². The highest BCUT2D eigenvalue weighted by Crippen LogP contribution is 2.33. The summed E-state index contributed by atoms with van der Waals surface area (Å²) in [6.07, 6.45) is 1.14. The van der Waals surface area contributed by atoms with E-state index in [2.05, 4.69) is 9.88 Å². The van der Waals surface area contributed by atoms with Gasteiger partial charge in [-0.1, -0.05) is 45.1 Å². The molecule has 3 aromatic rings. The van der Waals surface area contributed by atoms with E-state index in [0.29, 0.717) is 47.1 Å². The van der Waals surface area contributed by atoms with Crippen LogP contribution in [0.5, 0.6) is 0 Å². The Morgan fingerprint density at radius 1 is 0.865 bits per heavy atom. The van der Waals surface area contributed by atoms with Gasteiger partial charge in [0.15, 0.2) is 15.0 Å². The standard InChI is InChI=1S/C25H34N4O5S3/c1-6-27(7-2)17-18-29(25-26-23-21(35-25)11-10-12-22(23)36(5,31)32)24(30)19-13-15-20(16-14-19)37(33,34)28(8-3)9-4/h10-16H,6-9,17-18H2,1-5H3. The summed E-state index contributed by atoms with van der Waals surface area (Å²) in [7, 11) is -7.15. The molecular weight excluding hydrogens is 532 g/mol. The first kappa shape index (κ1) is 29.2. The zero-order valence-electron chi connectivity index (χ0n) is 21.8. The Morgan fingerprint density at radius 2 is 1.49 bits per heavy atom. The molecule has 0 unspecified atom stereocenters. The number of fused-ring (bicyclic) bond motifs is 1. The van der Waals surface area contributed by atoms with Crippen LogP contribution in [0.15, 0.2) is 52.3 Å². The molecule has 0 N–H and O–H groups in total. The highest BCUT2D eigenvalue weighted by molar-refractivity contribution is 7.91. The lowest BCUT2D eigenvalue weighted by atomic mass is 10.2. The van der Waals surface area contributed by atoms with Gasteiger partial charge < -0.3 is 4.90 Å². The lowest BCUT2D eigenvalue weighted by molar-refractivity contribution is 0.0983. The molecule has 0 aliphatic carbocycles. The third kappa shape index (κ3) is 6.37. The van der Waals surface area contributed by atoms with E-state index in [9.17, 15) is 21.6 Å². The Kier molecular flexibility index (Phi) is 9.46. The number of hydrogen-bond donors (Lipinski definition) is 0. The van der Waals surface area contributed by atoms with Crippen LogP contribution in [0, 0.1) is 0 Å². The minimum absolute atomic E-state index is 0.120. The summed E-state index contributed by atoms with van der Waals surface area (Å²) < 4.78 is 52.3. The first-order chi connectivity index (χ1) is 17.5. The number of para-hydroxylation sites is 1. The number of nitrogens with zero attached hydrogens (tertiary/aromatic N) is 4. The largest absolute Gasteiger partial charge is 0.302 e. The smallest absolute Gasteiger partial charge is 0.260 e. The minimum atomic E-state index is -3.65. The number of aromatic nitrogens is 1. The van der Waals surface area contributed by atoms with Crippen LogP contribution in [0.2, 0.25) is 0 Å². The lowest BCUT2D eigenvalue weighted by Gasteiger charge is -2.25. The fourth-order valence-corrected chi connectivity index (χ4v) is 7.40. The van der Waals surface area contributed by atoms with E-state index in [1.165, 1.54) is 46.0 Å². The summed E-state index contributed by atoms with van der Waals surface area (Å²) in [6.45, 7) is 10.9. The van der Waals surface area contributed by atoms with Gasteiger partial charge in [-0.2, -0.15) is 4.31 Å². The molecule has 0 saturated carbocycles. The Labute approximate surface area is 223 Å². The first-order valence-electron chi connectivity index (χ1n) is 12.2. The molecule has 202 valence electrons. The van der Waals surface area contributed by atoms with E-state index < -0.39 is 19.9 Å². The number of rotatable bonds is 12. The number of hydrogen-bond acceptors (Lipinski definition) is 8. The van der Waals surface area contributed by atoms with E-state index >= 15 is 0 Å². The van der Waals surface area contributed by atoms with Crippen LogP contribution in [0.3, 0.4) is 0 Å². The first-order valence-corrected chi connectivity index (χ1v) is 16.4. The van der Waals surface area contributed by atoms with Crippen LogP contribution >= 0.6 is 11.3 Å². The molecular formula is C25H34N4O5S3. The van der Waals surface area contributed by atoms with E-state index in [1.807, 2.05) is 13.8 Å². The molecule has 0 bridgehead atoms. The molecule has 3 rings (SSSR count). The number of sulfonamides is 1. The van der Waals surface area contributed by atoms with E-state index in [-0.39, 0.29) is 15.7 Å². The molecule has 37 heavy (non-hydrogen) atoms. The summed E-state index contributed by atoms with van der Waals surface area (Å²) in [4.78, 5) is 22.2. The number of carbonyl (C=O) groups is 1. The van der Waals surface area contributed by atoms with Gasteiger partial charge in [0.05, 0.1) is 14.5 Å². The number of amides is 1. The van der Waals surface area contributed by atoms with Crippen LogP contribution in [0.4, 0.5) is 5.13 Å². The molecule has 0 atom stereocenters. The summed E-state index contributed by atoms with van der Waals surface area (Å²) in [5.74, 6) is -0.334. The van der Waals surface area contributed by atoms with E-state index in [0.717, 1.165) is 19.3 Å². The van der Waals surface area contributed by atoms with Gasteiger partial charge in [-0.05, 0) is 49.5 Å². The number of benzene rings is 2. The van der Waals surface area contributed by atoms with Crippen molar-refractivity contribution in [2.75, 3.05) is 50.4 Å². The second kappa shape index (κ2) is 12.0. The third-order valence-electron chi connectivity index (χ3n) is 6.22. The lowest BCUT2D eigenvalue weighted by Crippen LogP contribution is -2.39. The predicted molar refractivity (Wildman–Crippen MR) is 149 cm³/mol. The number of carbonyl (C=O) groups excluding carboxylic acids is 1. The van der Waals surface area contributed by atoms with Crippen LogP contribution in [-0.4, -0.2) is 82.5 Å². The molecule has 2 aromatic carbocycles. The summed E-state index contributed by atoms with van der Waals surface area (Å²) in [5, 5.41) is 0.392. The van der Waals surface area contributed by atoms with Gasteiger partial charge in [0.25, 0.3) is 5.91 Å². The monoisotopic (exact) mass is 566 g/mol. The average Bonchev–Trinajstić information content (AvgIpc) is 3.30. The van der Waals surface area contributed by atoms with Gasteiger partial charge in [0, 0.05) is 38.0 Å². The molecule has 0 saturated heterocycles. The van der Waals surface area contributed by atoms with Gasteiger partial charge >= 0.3 is 0 Å². The molecule has 0 aliphatic rings. The van der Waals surface area contributed by atoms with Crippen molar-refractivity contribution in [2.45, 2.75) is 37.5 Å². The third-order valence-corrected chi connectivity index (χ3v) is 10.5. The maximum Gasteiger partial charge on any atom is 0.260 e. The molecule has 0 aliphatic heterocycles. The normalized spacial score (nSPS) is 12.5. The van der Waals surface area contributed by atoms with Gasteiger partial charge in [-0.3, -0.25) is 9.69 Å². The SMILES string of the molecule is CCN(CC)CCN(C(=O)c1ccc(S(=O)(=O)N(CC)CC)cc1)c1nc2c(S(C)(=O)=O)cccc2s1. The van der Waals surface area contributed by atoms with Crippen molar-refractivity contribution in [2.24, 2.45) is 0 Å². The van der Waals surface area contributed by atoms with Crippen molar-refractivity contribution in [1.82, 2.24) is 14.2 Å². The number of thiazole rings is 1. The minimum Gasteiger partial charge on any atom is -0.302 e. The summed E-state index contributed by atoms with van der Waals surface area (Å²) in [6, 6.07) is 10.9. The van der Waals surface area contributed by atoms with Crippen molar-refractivity contribution in [3.8, 4) is 0 Å². The van der Waals surface area contributed by atoms with Crippen LogP contribution in [0.25, 0.3) is 10.2 Å². The molecule has 1 heterocycles. The topological polar surface area (TPSA) is 108 Å². The predicted octanol–water partition coefficient (Wildman–Crippen LogP) is 3.72. The maximum atomic E-state index is 13.7. The zero-order valence-corrected chi connectivity index (χ0v) is 24.3. The number of anilines is 1. The molecule has 0 radical (unpaired) electrons. The Morgan fingerprint density at radius 3 is 2.03 bits per heavy atom. The fraction of sp³-hybridized carbons (Fsp3) is 0.440. The highest BCUT2D eigenvalue weighted by Gasteiger charge is 2.26. The summed E-state index contributed by atoms with van der Waals surface area (Å²) in [5.41, 5.74) is 0.659. The van der Waals surface area contributed by atoms with Gasteiger partial charge in [-0.25, -0.2) is 21.8 Å². The van der Waals surface area contributed by atoms with Crippen molar-refractivity contribution in [1.29, 1.82) is 0 Å². The van der Waals surface area contributed by atoms with E-state index in [1.54, 1.807) is 30.9 Å². The van der Waals surface area contributed by atoms with Crippen LogP contribution in [-0.2, 0) is 19.9 Å². The Bertz CT molecular complexity index is 1440. The zero-order chi connectivity index (χ0) is 27.4. The van der Waals surface area contributed by atoms with Crippen molar-refractivity contribution < 1.29 is 21.6 Å². The molecule has 1 aromatic heterocycles. The number of sulfone groups is 1. The average molecular weight is 567 g/mol. The van der Waals surface area contributed by atoms with Crippen LogP contribution < -0.4 is 4.90 Å². The van der Waals surface area contributed by atoms with Gasteiger partial charge in [-0.15, -0.1) is 0 Å². The van der Waals surface area contributed by atoms with Gasteiger partial charge in [0.1, 0.15) is 5.52 Å². The molecule has 0 spiro atoms. The Hall–Kier alpha value is -2.38. The second-order valence-electron chi connectivity index (χ2n) is 8.47. The highest BCUT2D eigenvalue weighted by atomic mass is 32.2. The summed E-state index contributed by atoms with van der Waals surface area (Å²) >= 11 is 1.25.